The number of hydrogen-bond donors (Lipinski definition) is 1. The molecule has 2 aromatic carbocycles. The molecule has 4 nitrogen and oxygen atoms in total. The maximum atomic E-state index is 14.3. The van der Waals surface area contributed by atoms with Crippen molar-refractivity contribution in [1.82, 2.24) is 0 Å². The Morgan fingerprint density at radius 2 is 2.00 bits per heavy atom. The zero-order valence-corrected chi connectivity index (χ0v) is 15.2. The van der Waals surface area contributed by atoms with Crippen LogP contribution in [0.3, 0.4) is 0 Å². The van der Waals surface area contributed by atoms with Crippen molar-refractivity contribution in [2.24, 2.45) is 0 Å². The minimum Gasteiger partial charge on any atom is -0.469 e. The molecule has 0 aliphatic carbocycles. The van der Waals surface area contributed by atoms with Gasteiger partial charge in [0.25, 0.3) is 0 Å². The second kappa shape index (κ2) is 7.61. The van der Waals surface area contributed by atoms with Crippen LogP contribution in [0.1, 0.15) is 17.5 Å². The van der Waals surface area contributed by atoms with Crippen LogP contribution in [-0.4, -0.2) is 19.6 Å². The molecule has 0 fully saturated rings. The molecule has 140 valence electrons. The van der Waals surface area contributed by atoms with Gasteiger partial charge in [0.1, 0.15) is 11.6 Å². The molecule has 0 amide bonds. The number of methoxy groups -OCH3 is 1. The van der Waals surface area contributed by atoms with E-state index in [0.717, 1.165) is 5.56 Å². The average molecular weight is 370 g/mol. The van der Waals surface area contributed by atoms with Gasteiger partial charge in [-0.2, -0.15) is 0 Å². The fourth-order valence-electron chi connectivity index (χ4n) is 2.97. The number of allylic oxidation sites excluding steroid dienone is 2. The highest BCUT2D eigenvalue weighted by atomic mass is 19.1. The van der Waals surface area contributed by atoms with Crippen molar-refractivity contribution in [2.45, 2.75) is 13.3 Å². The monoisotopic (exact) mass is 370 g/mol. The Balaban J connectivity index is 1.99. The van der Waals surface area contributed by atoms with Crippen LogP contribution in [0, 0.1) is 18.6 Å². The Morgan fingerprint density at radius 1 is 1.22 bits per heavy atom. The van der Waals surface area contributed by atoms with Crippen LogP contribution in [-0.2, 0) is 9.53 Å². The van der Waals surface area contributed by atoms with Crippen LogP contribution in [0.4, 0.5) is 25.8 Å². The fourth-order valence-corrected chi connectivity index (χ4v) is 2.97. The van der Waals surface area contributed by atoms with Crippen molar-refractivity contribution in [3.63, 3.8) is 0 Å². The Kier molecular flexibility index (Phi) is 5.26. The molecule has 0 unspecified atom stereocenters. The molecule has 3 rings (SSSR count). The van der Waals surface area contributed by atoms with Crippen molar-refractivity contribution in [3.05, 3.63) is 71.9 Å². The van der Waals surface area contributed by atoms with Gasteiger partial charge in [0.05, 0.1) is 30.6 Å². The zero-order valence-electron chi connectivity index (χ0n) is 15.2. The van der Waals surface area contributed by atoms with Gasteiger partial charge >= 0.3 is 5.97 Å². The van der Waals surface area contributed by atoms with Crippen molar-refractivity contribution in [1.29, 1.82) is 0 Å². The van der Waals surface area contributed by atoms with Gasteiger partial charge in [0.15, 0.2) is 0 Å². The van der Waals surface area contributed by atoms with Crippen molar-refractivity contribution < 1.29 is 18.3 Å². The highest BCUT2D eigenvalue weighted by molar-refractivity contribution is 5.93. The van der Waals surface area contributed by atoms with Crippen LogP contribution in [0.5, 0.6) is 0 Å². The van der Waals surface area contributed by atoms with E-state index in [2.05, 4.69) is 16.6 Å². The van der Waals surface area contributed by atoms with E-state index in [1.54, 1.807) is 36.2 Å². The molecule has 0 radical (unpaired) electrons. The number of aryl methyl sites for hydroxylation is 1. The standard InChI is InChI=1S/C21H20F2N2O2/c1-13-4-5-17(16(23)10-13)24-18-11-15(22)12-19-21(18)14(2)6-8-25(19)9-7-20(26)27-3/h4-6,8,10-12,24H,2,7,9H2,1,3H3. The number of rotatable bonds is 5. The van der Waals surface area contributed by atoms with Gasteiger partial charge in [0.2, 0.25) is 0 Å². The summed E-state index contributed by atoms with van der Waals surface area (Å²) < 4.78 is 33.2. The molecule has 0 spiro atoms. The maximum absolute atomic E-state index is 14.3. The highest BCUT2D eigenvalue weighted by Gasteiger charge is 2.21. The van der Waals surface area contributed by atoms with Crippen LogP contribution in [0.2, 0.25) is 0 Å². The number of benzene rings is 2. The largest absolute Gasteiger partial charge is 0.469 e. The Bertz CT molecular complexity index is 938. The first-order valence-electron chi connectivity index (χ1n) is 8.46. The molecule has 27 heavy (non-hydrogen) atoms. The van der Waals surface area contributed by atoms with E-state index in [9.17, 15) is 13.6 Å². The van der Waals surface area contributed by atoms with E-state index in [1.165, 1.54) is 25.3 Å². The lowest BCUT2D eigenvalue weighted by atomic mass is 9.98. The summed E-state index contributed by atoms with van der Waals surface area (Å²) in [6.07, 6.45) is 3.66. The first kappa shape index (κ1) is 18.6. The van der Waals surface area contributed by atoms with Gasteiger partial charge in [0, 0.05) is 18.3 Å². The summed E-state index contributed by atoms with van der Waals surface area (Å²) in [5, 5.41) is 2.97. The third-order valence-corrected chi connectivity index (χ3v) is 4.35. The summed E-state index contributed by atoms with van der Waals surface area (Å²) in [5.41, 5.74) is 3.32. The van der Waals surface area contributed by atoms with Crippen LogP contribution < -0.4 is 10.2 Å². The quantitative estimate of drug-likeness (QED) is 0.758. The number of carbonyl (C=O) groups excluding carboxylic acids is 1. The van der Waals surface area contributed by atoms with Gasteiger partial charge in [-0.1, -0.05) is 12.6 Å². The summed E-state index contributed by atoms with van der Waals surface area (Å²) in [6.45, 7) is 6.13. The molecule has 1 heterocycles. The Labute approximate surface area is 156 Å². The number of nitrogens with zero attached hydrogens (tertiary/aromatic N) is 1. The number of ether oxygens (including phenoxy) is 1. The molecule has 1 aliphatic rings. The predicted molar refractivity (Wildman–Crippen MR) is 103 cm³/mol. The molecule has 2 aromatic rings. The van der Waals surface area contributed by atoms with Crippen molar-refractivity contribution >= 4 is 28.6 Å². The third-order valence-electron chi connectivity index (χ3n) is 4.35. The van der Waals surface area contributed by atoms with Gasteiger partial charge < -0.3 is 15.0 Å². The molecule has 0 saturated heterocycles. The fraction of sp³-hybridized carbons (Fsp3) is 0.190. The van der Waals surface area contributed by atoms with Crippen LogP contribution >= 0.6 is 0 Å². The van der Waals surface area contributed by atoms with Crippen LogP contribution in [0.25, 0.3) is 5.57 Å². The minimum atomic E-state index is -0.477. The first-order valence-corrected chi connectivity index (χ1v) is 8.46. The lowest BCUT2D eigenvalue weighted by molar-refractivity contribution is -0.140. The summed E-state index contributed by atoms with van der Waals surface area (Å²) in [5.74, 6) is -1.26. The SMILES string of the molecule is C=C1C=CN(CCC(=O)OC)c2cc(F)cc(Nc3ccc(C)cc3F)c21. The molecule has 1 aliphatic heterocycles. The molecule has 0 aromatic heterocycles. The maximum Gasteiger partial charge on any atom is 0.307 e. The lowest BCUT2D eigenvalue weighted by Gasteiger charge is -2.29. The zero-order chi connectivity index (χ0) is 19.6. The van der Waals surface area contributed by atoms with Gasteiger partial charge in [-0.25, -0.2) is 8.78 Å². The molecule has 1 N–H and O–H groups in total. The van der Waals surface area contributed by atoms with E-state index in [4.69, 9.17) is 0 Å². The predicted octanol–water partition coefficient (Wildman–Crippen LogP) is 4.93. The van der Waals surface area contributed by atoms with E-state index >= 15 is 0 Å². The summed E-state index contributed by atoms with van der Waals surface area (Å²) in [6, 6.07) is 7.47. The van der Waals surface area contributed by atoms with E-state index in [1.807, 2.05) is 0 Å². The van der Waals surface area contributed by atoms with Gasteiger partial charge in [-0.3, -0.25) is 4.79 Å². The average Bonchev–Trinajstić information content (AvgIpc) is 2.62. The van der Waals surface area contributed by atoms with E-state index < -0.39 is 11.6 Å². The summed E-state index contributed by atoms with van der Waals surface area (Å²) in [4.78, 5) is 13.2. The normalized spacial score (nSPS) is 12.7. The molecular weight excluding hydrogens is 350 g/mol. The van der Waals surface area contributed by atoms with Gasteiger partial charge in [-0.05, 0) is 48.4 Å². The first-order chi connectivity index (χ1) is 12.9. The number of carbonyl (C=O) groups is 1. The van der Waals surface area contributed by atoms with Crippen molar-refractivity contribution in [3.8, 4) is 0 Å². The number of esters is 1. The molecule has 0 saturated carbocycles. The summed E-state index contributed by atoms with van der Waals surface area (Å²) in [7, 11) is 1.32. The number of halogens is 2. The van der Waals surface area contributed by atoms with Crippen molar-refractivity contribution in [2.75, 3.05) is 23.9 Å². The third kappa shape index (κ3) is 4.00. The lowest BCUT2D eigenvalue weighted by Crippen LogP contribution is -2.24. The number of fused-ring (bicyclic) bond motifs is 1. The van der Waals surface area contributed by atoms with Gasteiger partial charge in [-0.15, -0.1) is 0 Å². The number of nitrogens with one attached hydrogen (secondary N) is 1. The number of hydrogen-bond acceptors (Lipinski definition) is 4. The molecule has 0 atom stereocenters. The summed E-state index contributed by atoms with van der Waals surface area (Å²) >= 11 is 0. The topological polar surface area (TPSA) is 41.6 Å². The second-order valence-corrected chi connectivity index (χ2v) is 6.32. The van der Waals surface area contributed by atoms with E-state index in [-0.39, 0.29) is 18.1 Å². The second-order valence-electron chi connectivity index (χ2n) is 6.32. The van der Waals surface area contributed by atoms with Crippen LogP contribution in [0.15, 0.2) is 49.2 Å². The number of anilines is 3. The Hall–Kier alpha value is -3.15. The minimum absolute atomic E-state index is 0.151. The van der Waals surface area contributed by atoms with E-state index in [0.29, 0.717) is 29.1 Å². The highest BCUT2D eigenvalue weighted by Crippen LogP contribution is 2.39. The molecule has 6 heteroatoms. The molecular formula is C21H20F2N2O2. The molecule has 0 bridgehead atoms. The smallest absolute Gasteiger partial charge is 0.307 e. The Morgan fingerprint density at radius 3 is 2.70 bits per heavy atom.